The van der Waals surface area contributed by atoms with Crippen LogP contribution in [0.4, 0.5) is 8.78 Å². The molecule has 1 aromatic carbocycles. The SMILES string of the molecule is CCC(C)(N)CCC(=O)c1c(C)nc2c(OCc3c(F)cccc3F)cc(COC)cn12. The number of fused-ring (bicyclic) bond motifs is 1. The third-order valence-corrected chi connectivity index (χ3v) is 5.66. The molecule has 3 rings (SSSR count). The van der Waals surface area contributed by atoms with Crippen molar-refractivity contribution in [3.05, 3.63) is 64.6 Å². The second-order valence-corrected chi connectivity index (χ2v) is 8.30. The van der Waals surface area contributed by atoms with E-state index in [0.29, 0.717) is 29.2 Å². The summed E-state index contributed by atoms with van der Waals surface area (Å²) in [5.74, 6) is -1.15. The Labute approximate surface area is 186 Å². The van der Waals surface area contributed by atoms with Crippen molar-refractivity contribution >= 4 is 11.4 Å². The highest BCUT2D eigenvalue weighted by molar-refractivity contribution is 5.96. The molecule has 6 nitrogen and oxygen atoms in total. The van der Waals surface area contributed by atoms with Crippen LogP contribution in [-0.2, 0) is 18.0 Å². The van der Waals surface area contributed by atoms with Crippen LogP contribution in [0.2, 0.25) is 0 Å². The molecule has 0 aliphatic rings. The lowest BCUT2D eigenvalue weighted by atomic mass is 9.92. The number of hydrogen-bond donors (Lipinski definition) is 1. The van der Waals surface area contributed by atoms with Gasteiger partial charge in [0.25, 0.3) is 0 Å². The van der Waals surface area contributed by atoms with Crippen molar-refractivity contribution in [2.45, 2.75) is 58.8 Å². The molecule has 8 heteroatoms. The predicted octanol–water partition coefficient (Wildman–Crippen LogP) is 4.74. The largest absolute Gasteiger partial charge is 0.485 e. The van der Waals surface area contributed by atoms with Crippen LogP contribution in [0.5, 0.6) is 5.75 Å². The van der Waals surface area contributed by atoms with Crippen molar-refractivity contribution < 1.29 is 23.0 Å². The molecular formula is C24H29F2N3O3. The average molecular weight is 446 g/mol. The molecule has 0 saturated carbocycles. The fourth-order valence-corrected chi connectivity index (χ4v) is 3.48. The molecule has 0 bridgehead atoms. The zero-order valence-corrected chi connectivity index (χ0v) is 18.9. The molecule has 0 spiro atoms. The van der Waals surface area contributed by atoms with Crippen molar-refractivity contribution in [2.75, 3.05) is 7.11 Å². The molecule has 2 aromatic heterocycles. The van der Waals surface area contributed by atoms with E-state index in [-0.39, 0.29) is 31.0 Å². The van der Waals surface area contributed by atoms with Gasteiger partial charge in [0.15, 0.2) is 17.2 Å². The van der Waals surface area contributed by atoms with Crippen LogP contribution in [0.1, 0.15) is 60.4 Å². The number of ether oxygens (including phenoxy) is 2. The number of aromatic nitrogens is 2. The number of aryl methyl sites for hydroxylation is 1. The second-order valence-electron chi connectivity index (χ2n) is 8.30. The number of pyridine rings is 1. The third kappa shape index (κ3) is 5.14. The van der Waals surface area contributed by atoms with E-state index >= 15 is 0 Å². The maximum absolute atomic E-state index is 14.0. The maximum Gasteiger partial charge on any atom is 0.181 e. The lowest BCUT2D eigenvalue weighted by Gasteiger charge is -2.21. The molecule has 0 fully saturated rings. The van der Waals surface area contributed by atoms with Crippen LogP contribution >= 0.6 is 0 Å². The van der Waals surface area contributed by atoms with Crippen LogP contribution in [0, 0.1) is 18.6 Å². The quantitative estimate of drug-likeness (QED) is 0.456. The van der Waals surface area contributed by atoms with E-state index in [0.717, 1.165) is 12.0 Å². The van der Waals surface area contributed by atoms with Crippen LogP contribution in [0.25, 0.3) is 5.65 Å². The van der Waals surface area contributed by atoms with Gasteiger partial charge in [-0.25, -0.2) is 13.8 Å². The fourth-order valence-electron chi connectivity index (χ4n) is 3.48. The van der Waals surface area contributed by atoms with E-state index in [1.54, 1.807) is 30.7 Å². The van der Waals surface area contributed by atoms with Gasteiger partial charge >= 0.3 is 0 Å². The Morgan fingerprint density at radius 1 is 1.25 bits per heavy atom. The van der Waals surface area contributed by atoms with Gasteiger partial charge < -0.3 is 15.2 Å². The van der Waals surface area contributed by atoms with Gasteiger partial charge in [0, 0.05) is 25.3 Å². The molecule has 3 aromatic rings. The summed E-state index contributed by atoms with van der Waals surface area (Å²) in [6.45, 7) is 5.61. The molecule has 0 aliphatic carbocycles. The van der Waals surface area contributed by atoms with Crippen LogP contribution < -0.4 is 10.5 Å². The zero-order valence-electron chi connectivity index (χ0n) is 18.9. The first-order chi connectivity index (χ1) is 15.2. The number of imidazole rings is 1. The van der Waals surface area contributed by atoms with E-state index in [2.05, 4.69) is 4.98 Å². The summed E-state index contributed by atoms with van der Waals surface area (Å²) in [6, 6.07) is 5.35. The number of halogens is 2. The number of ketones is 1. The van der Waals surface area contributed by atoms with E-state index in [1.807, 2.05) is 13.8 Å². The highest BCUT2D eigenvalue weighted by atomic mass is 19.1. The first-order valence-electron chi connectivity index (χ1n) is 10.5. The molecule has 1 atom stereocenters. The van der Waals surface area contributed by atoms with Crippen molar-refractivity contribution in [2.24, 2.45) is 5.73 Å². The molecule has 32 heavy (non-hydrogen) atoms. The first kappa shape index (κ1) is 23.8. The van der Waals surface area contributed by atoms with E-state index in [4.69, 9.17) is 15.2 Å². The van der Waals surface area contributed by atoms with Gasteiger partial charge in [0.2, 0.25) is 0 Å². The molecule has 2 heterocycles. The monoisotopic (exact) mass is 445 g/mol. The number of carbonyl (C=O) groups is 1. The van der Waals surface area contributed by atoms with Crippen LogP contribution in [0.3, 0.4) is 0 Å². The fraction of sp³-hybridized carbons (Fsp3) is 0.417. The molecule has 0 aliphatic heterocycles. The minimum Gasteiger partial charge on any atom is -0.485 e. The summed E-state index contributed by atoms with van der Waals surface area (Å²) in [5.41, 5.74) is 7.71. The number of nitrogens with two attached hydrogens (primary N) is 1. The third-order valence-electron chi connectivity index (χ3n) is 5.66. The van der Waals surface area contributed by atoms with Gasteiger partial charge in [-0.2, -0.15) is 0 Å². The molecule has 2 N–H and O–H groups in total. The lowest BCUT2D eigenvalue weighted by Crippen LogP contribution is -2.35. The van der Waals surface area contributed by atoms with Gasteiger partial charge in [0.1, 0.15) is 23.9 Å². The summed E-state index contributed by atoms with van der Waals surface area (Å²) in [6.07, 6.45) is 3.35. The smallest absolute Gasteiger partial charge is 0.181 e. The minimum absolute atomic E-state index is 0.0826. The van der Waals surface area contributed by atoms with E-state index in [1.165, 1.54) is 18.2 Å². The standard InChI is InChI=1S/C24H29F2N3O3/c1-5-24(3,27)10-9-20(30)22-15(2)28-23-21(11-16(13-31-4)12-29(22)23)32-14-17-18(25)7-6-8-19(17)26/h6-8,11-12H,5,9-10,13-14,27H2,1-4H3. The molecule has 172 valence electrons. The van der Waals surface area contributed by atoms with Gasteiger partial charge in [-0.15, -0.1) is 0 Å². The molecule has 0 amide bonds. The summed E-state index contributed by atoms with van der Waals surface area (Å²) in [5, 5.41) is 0. The summed E-state index contributed by atoms with van der Waals surface area (Å²) in [4.78, 5) is 17.6. The predicted molar refractivity (Wildman–Crippen MR) is 118 cm³/mol. The normalized spacial score (nSPS) is 13.3. The van der Waals surface area contributed by atoms with Crippen molar-refractivity contribution in [3.8, 4) is 5.75 Å². The highest BCUT2D eigenvalue weighted by Crippen LogP contribution is 2.28. The Kier molecular flexibility index (Phi) is 7.26. The first-order valence-corrected chi connectivity index (χ1v) is 10.5. The molecule has 1 unspecified atom stereocenters. The summed E-state index contributed by atoms with van der Waals surface area (Å²) >= 11 is 0. The van der Waals surface area contributed by atoms with Gasteiger partial charge in [-0.1, -0.05) is 13.0 Å². The van der Waals surface area contributed by atoms with E-state index < -0.39 is 17.2 Å². The number of rotatable bonds is 10. The zero-order chi connectivity index (χ0) is 23.5. The van der Waals surface area contributed by atoms with Gasteiger partial charge in [-0.05, 0) is 50.5 Å². The number of hydrogen-bond acceptors (Lipinski definition) is 5. The number of nitrogens with zero attached hydrogens (tertiary/aromatic N) is 2. The maximum atomic E-state index is 14.0. The Hall–Kier alpha value is -2.84. The molecular weight excluding hydrogens is 416 g/mol. The highest BCUT2D eigenvalue weighted by Gasteiger charge is 2.23. The number of methoxy groups -OCH3 is 1. The van der Waals surface area contributed by atoms with Gasteiger partial charge in [-0.3, -0.25) is 9.20 Å². The van der Waals surface area contributed by atoms with Crippen LogP contribution in [0.15, 0.2) is 30.5 Å². The Morgan fingerprint density at radius 3 is 2.56 bits per heavy atom. The van der Waals surface area contributed by atoms with Crippen molar-refractivity contribution in [1.82, 2.24) is 9.38 Å². The number of Topliss-reactive ketones (excluding diaryl/α,β-unsaturated/α-hetero) is 1. The Bertz CT molecular complexity index is 1110. The minimum atomic E-state index is -0.690. The number of benzene rings is 1. The lowest BCUT2D eigenvalue weighted by molar-refractivity contribution is 0.0964. The topological polar surface area (TPSA) is 78.9 Å². The van der Waals surface area contributed by atoms with E-state index in [9.17, 15) is 13.6 Å². The van der Waals surface area contributed by atoms with Crippen LogP contribution in [-0.4, -0.2) is 27.8 Å². The van der Waals surface area contributed by atoms with Gasteiger partial charge in [0.05, 0.1) is 17.9 Å². The van der Waals surface area contributed by atoms with Crippen molar-refractivity contribution in [1.29, 1.82) is 0 Å². The molecule has 0 radical (unpaired) electrons. The Balaban J connectivity index is 1.99. The number of carbonyl (C=O) groups excluding carboxylic acids is 1. The Morgan fingerprint density at radius 2 is 1.94 bits per heavy atom. The second kappa shape index (κ2) is 9.75. The average Bonchev–Trinajstić information content (AvgIpc) is 3.08. The van der Waals surface area contributed by atoms with Crippen molar-refractivity contribution in [3.63, 3.8) is 0 Å². The molecule has 0 saturated heterocycles. The summed E-state index contributed by atoms with van der Waals surface area (Å²) in [7, 11) is 1.55. The summed E-state index contributed by atoms with van der Waals surface area (Å²) < 4.78 is 40.8.